The SMILES string of the molecule is ClC(Cl)Cl.c1ccc(-c2ccc(-c3ccc(-c4ccc(-c5ccc(-c6ccccc6)cc5)cc4-c4nnc(-c5ccccc5)o4)c(-c4nnc(-c5ccccc5)o4)c3)cc2)cc1. The molecule has 0 fully saturated rings. The van der Waals surface area contributed by atoms with Crippen LogP contribution in [-0.2, 0) is 0 Å². The molecule has 9 heteroatoms. The second-order valence-corrected chi connectivity index (χ2v) is 16.2. The fourth-order valence-electron chi connectivity index (χ4n) is 7.30. The van der Waals surface area contributed by atoms with E-state index < -0.39 is 4.30 Å². The maximum atomic E-state index is 6.46. The van der Waals surface area contributed by atoms with Gasteiger partial charge in [-0.2, -0.15) is 0 Å². The second kappa shape index (κ2) is 18.7. The lowest BCUT2D eigenvalue weighted by atomic mass is 9.89. The van der Waals surface area contributed by atoms with Crippen LogP contribution in [0, 0.1) is 0 Å². The number of aromatic nitrogens is 4. The molecule has 0 saturated carbocycles. The summed E-state index contributed by atoms with van der Waals surface area (Å²) in [5.74, 6) is 1.69. The summed E-state index contributed by atoms with van der Waals surface area (Å²) in [7, 11) is 0. The minimum Gasteiger partial charge on any atom is -0.416 e. The minimum atomic E-state index is -0.750. The van der Waals surface area contributed by atoms with E-state index in [1.54, 1.807) is 0 Å². The van der Waals surface area contributed by atoms with E-state index in [0.717, 1.165) is 66.8 Å². The third-order valence-corrected chi connectivity index (χ3v) is 10.3. The molecule has 0 radical (unpaired) electrons. The van der Waals surface area contributed by atoms with Gasteiger partial charge in [0.25, 0.3) is 0 Å². The van der Waals surface area contributed by atoms with Crippen molar-refractivity contribution in [3.05, 3.63) is 206 Å². The topological polar surface area (TPSA) is 77.8 Å². The first kappa shape index (κ1) is 40.3. The van der Waals surface area contributed by atoms with Crippen LogP contribution in [0.25, 0.3) is 101 Å². The van der Waals surface area contributed by atoms with E-state index in [2.05, 4.69) is 154 Å². The van der Waals surface area contributed by atoms with Crippen LogP contribution in [0.15, 0.2) is 215 Å². The minimum absolute atomic E-state index is 0.402. The predicted octanol–water partition coefficient (Wildman–Crippen LogP) is 15.4. The van der Waals surface area contributed by atoms with Crippen LogP contribution in [0.5, 0.6) is 0 Å². The van der Waals surface area contributed by atoms with Gasteiger partial charge in [-0.1, -0.05) is 205 Å². The molecular weight excluding hydrogens is 831 g/mol. The summed E-state index contributed by atoms with van der Waals surface area (Å²) in [5, 5.41) is 18.2. The second-order valence-electron chi connectivity index (χ2n) is 14.2. The average molecular weight is 866 g/mol. The lowest BCUT2D eigenvalue weighted by Crippen LogP contribution is -1.93. The molecule has 2 heterocycles. The van der Waals surface area contributed by atoms with Crippen LogP contribution < -0.4 is 0 Å². The fourth-order valence-corrected chi connectivity index (χ4v) is 7.30. The summed E-state index contributed by atoms with van der Waals surface area (Å²) in [6.45, 7) is 0. The average Bonchev–Trinajstić information content (AvgIpc) is 4.04. The Labute approximate surface area is 374 Å². The van der Waals surface area contributed by atoms with Crippen molar-refractivity contribution < 1.29 is 8.83 Å². The summed E-state index contributed by atoms with van der Waals surface area (Å²) in [4.78, 5) is 0. The quantitative estimate of drug-likeness (QED) is 0.135. The first-order chi connectivity index (χ1) is 30.5. The molecule has 0 saturated heterocycles. The monoisotopic (exact) mass is 864 g/mol. The van der Waals surface area contributed by atoms with Gasteiger partial charge >= 0.3 is 0 Å². The maximum Gasteiger partial charge on any atom is 0.248 e. The number of benzene rings is 8. The van der Waals surface area contributed by atoms with E-state index in [1.165, 1.54) is 11.1 Å². The van der Waals surface area contributed by atoms with Gasteiger partial charge in [-0.25, -0.2) is 0 Å². The van der Waals surface area contributed by atoms with E-state index in [1.807, 2.05) is 72.8 Å². The number of rotatable bonds is 9. The summed E-state index contributed by atoms with van der Waals surface area (Å²) < 4.78 is 12.2. The summed E-state index contributed by atoms with van der Waals surface area (Å²) in [6, 6.07) is 70.4. The van der Waals surface area contributed by atoms with E-state index in [0.29, 0.717) is 23.6 Å². The van der Waals surface area contributed by atoms with Crippen LogP contribution in [0.4, 0.5) is 0 Å². The Morgan fingerprint density at radius 2 is 0.500 bits per heavy atom. The van der Waals surface area contributed by atoms with Gasteiger partial charge in [0.2, 0.25) is 23.6 Å². The number of hydrogen-bond acceptors (Lipinski definition) is 6. The van der Waals surface area contributed by atoms with Crippen LogP contribution in [-0.4, -0.2) is 24.7 Å². The van der Waals surface area contributed by atoms with E-state index in [4.69, 9.17) is 43.6 Å². The van der Waals surface area contributed by atoms with Gasteiger partial charge in [0.15, 0.2) is 4.30 Å². The molecule has 2 aromatic heterocycles. The van der Waals surface area contributed by atoms with Crippen molar-refractivity contribution in [2.75, 3.05) is 0 Å². The molecule has 0 aliphatic carbocycles. The standard InChI is InChI=1S/C52H34N4O2.CHCl3/c1-5-13-35(14-6-1)37-21-25-39(26-22-37)43-29-31-45(47(33-43)51-55-53-49(57-51)41-17-9-3-10-18-41)46-32-30-44(40-27-23-38(24-28-40)36-15-7-2-8-16-36)34-48(46)52-56-54-50(58-52)42-19-11-4-12-20-42;2-1(3)4/h1-34H;1H. The molecule has 0 N–H and O–H groups in total. The molecule has 0 amide bonds. The Morgan fingerprint density at radius 3 is 0.823 bits per heavy atom. The first-order valence-corrected chi connectivity index (χ1v) is 21.1. The van der Waals surface area contributed by atoms with E-state index >= 15 is 0 Å². The van der Waals surface area contributed by atoms with Crippen LogP contribution in [0.1, 0.15) is 0 Å². The van der Waals surface area contributed by atoms with Crippen molar-refractivity contribution in [3.63, 3.8) is 0 Å². The van der Waals surface area contributed by atoms with E-state index in [-0.39, 0.29) is 0 Å². The summed E-state index contributed by atoms with van der Waals surface area (Å²) >= 11 is 14.4. The van der Waals surface area contributed by atoms with E-state index in [9.17, 15) is 0 Å². The molecule has 0 atom stereocenters. The zero-order chi connectivity index (χ0) is 42.3. The first-order valence-electron chi connectivity index (χ1n) is 19.8. The number of halogens is 3. The molecular formula is C53H35Cl3N4O2. The lowest BCUT2D eigenvalue weighted by molar-refractivity contribution is 0.583. The Kier molecular flexibility index (Phi) is 12.1. The predicted molar refractivity (Wildman–Crippen MR) is 252 cm³/mol. The van der Waals surface area contributed by atoms with Crippen LogP contribution in [0.2, 0.25) is 0 Å². The Bertz CT molecular complexity index is 2820. The molecule has 0 aliphatic rings. The molecule has 0 bridgehead atoms. The normalized spacial score (nSPS) is 11.0. The Morgan fingerprint density at radius 1 is 0.258 bits per heavy atom. The number of hydrogen-bond donors (Lipinski definition) is 0. The van der Waals surface area contributed by atoms with Crippen LogP contribution >= 0.6 is 34.8 Å². The third-order valence-electron chi connectivity index (χ3n) is 10.3. The van der Waals surface area contributed by atoms with Crippen molar-refractivity contribution in [3.8, 4) is 101 Å². The van der Waals surface area contributed by atoms with Gasteiger partial charge in [-0.05, 0) is 92.0 Å². The highest BCUT2D eigenvalue weighted by atomic mass is 35.6. The smallest absolute Gasteiger partial charge is 0.248 e. The van der Waals surface area contributed by atoms with Crippen molar-refractivity contribution in [2.24, 2.45) is 0 Å². The van der Waals surface area contributed by atoms with Gasteiger partial charge in [0, 0.05) is 22.3 Å². The van der Waals surface area contributed by atoms with Gasteiger partial charge < -0.3 is 8.83 Å². The highest BCUT2D eigenvalue weighted by Gasteiger charge is 2.22. The summed E-state index contributed by atoms with van der Waals surface area (Å²) in [5.41, 5.74) is 13.8. The van der Waals surface area contributed by atoms with Crippen molar-refractivity contribution in [1.82, 2.24) is 20.4 Å². The largest absolute Gasteiger partial charge is 0.416 e. The van der Waals surface area contributed by atoms with Gasteiger partial charge in [0.1, 0.15) is 0 Å². The zero-order valence-electron chi connectivity index (χ0n) is 32.9. The van der Waals surface area contributed by atoms with Crippen molar-refractivity contribution in [2.45, 2.75) is 4.30 Å². The molecule has 300 valence electrons. The van der Waals surface area contributed by atoms with Gasteiger partial charge in [-0.15, -0.1) is 20.4 Å². The molecule has 0 spiro atoms. The fraction of sp³-hybridized carbons (Fsp3) is 0.0189. The zero-order valence-corrected chi connectivity index (χ0v) is 35.2. The Hall–Kier alpha value is -7.09. The molecule has 6 nitrogen and oxygen atoms in total. The molecule has 0 unspecified atom stereocenters. The number of nitrogens with zero attached hydrogens (tertiary/aromatic N) is 4. The Balaban J connectivity index is 0.00000118. The van der Waals surface area contributed by atoms with Crippen LogP contribution in [0.3, 0.4) is 0 Å². The van der Waals surface area contributed by atoms with Gasteiger partial charge in [-0.3, -0.25) is 0 Å². The summed E-state index contributed by atoms with van der Waals surface area (Å²) in [6.07, 6.45) is 0. The molecule has 62 heavy (non-hydrogen) atoms. The molecule has 10 aromatic rings. The highest BCUT2D eigenvalue weighted by molar-refractivity contribution is 6.63. The third kappa shape index (κ3) is 9.14. The van der Waals surface area contributed by atoms with Gasteiger partial charge in [0.05, 0.1) is 0 Å². The lowest BCUT2D eigenvalue weighted by Gasteiger charge is -2.15. The van der Waals surface area contributed by atoms with Crippen molar-refractivity contribution in [1.29, 1.82) is 0 Å². The molecule has 0 aliphatic heterocycles. The van der Waals surface area contributed by atoms with Crippen molar-refractivity contribution >= 4 is 34.8 Å². The molecule has 8 aromatic carbocycles. The maximum absolute atomic E-state index is 6.46. The number of alkyl halides is 3. The highest BCUT2D eigenvalue weighted by Crippen LogP contribution is 2.42. The molecule has 10 rings (SSSR count).